The van der Waals surface area contributed by atoms with Gasteiger partial charge in [-0.3, -0.25) is 14.9 Å². The highest BCUT2D eigenvalue weighted by Crippen LogP contribution is 2.31. The number of nitro groups is 1. The van der Waals surface area contributed by atoms with Gasteiger partial charge in [0.2, 0.25) is 5.75 Å². The molecule has 0 aliphatic carbocycles. The average Bonchev–Trinajstić information content (AvgIpc) is 2.48. The van der Waals surface area contributed by atoms with Gasteiger partial charge in [0.25, 0.3) is 5.91 Å². The first-order valence-corrected chi connectivity index (χ1v) is 7.05. The molecule has 1 aliphatic heterocycles. The number of piperidine rings is 1. The predicted octanol–water partition coefficient (Wildman–Crippen LogP) is 1.48. The highest BCUT2D eigenvalue weighted by Gasteiger charge is 2.24. The fraction of sp³-hybridized carbons (Fsp3) is 0.500. The number of carbonyl (C=O) groups excluding carboxylic acids is 1. The number of hydrogen-bond acceptors (Lipinski definition) is 5. The van der Waals surface area contributed by atoms with Gasteiger partial charge < -0.3 is 15.4 Å². The van der Waals surface area contributed by atoms with Crippen molar-refractivity contribution in [1.29, 1.82) is 0 Å². The van der Waals surface area contributed by atoms with Crippen LogP contribution in [0.25, 0.3) is 0 Å². The smallest absolute Gasteiger partial charge is 0.311 e. The number of nitrogens with one attached hydrogen (secondary N) is 2. The van der Waals surface area contributed by atoms with Gasteiger partial charge >= 0.3 is 5.69 Å². The molecule has 0 radical (unpaired) electrons. The summed E-state index contributed by atoms with van der Waals surface area (Å²) in [6.45, 7) is 3.65. The van der Waals surface area contributed by atoms with E-state index in [4.69, 9.17) is 4.74 Å². The fourth-order valence-electron chi connectivity index (χ4n) is 2.38. The number of nitrogens with zero attached hydrogens (tertiary/aromatic N) is 1. The molecular formula is C14H19N3O4. The molecular weight excluding hydrogens is 274 g/mol. The lowest BCUT2D eigenvalue weighted by Crippen LogP contribution is -2.45. The molecule has 2 rings (SSSR count). The van der Waals surface area contributed by atoms with Crippen molar-refractivity contribution in [3.63, 3.8) is 0 Å². The number of benzene rings is 1. The first kappa shape index (κ1) is 15.2. The fourth-order valence-corrected chi connectivity index (χ4v) is 2.38. The van der Waals surface area contributed by atoms with Gasteiger partial charge in [0.15, 0.2) is 0 Å². The highest BCUT2D eigenvalue weighted by molar-refractivity contribution is 5.98. The molecule has 1 aliphatic rings. The summed E-state index contributed by atoms with van der Waals surface area (Å²) < 4.78 is 5.32. The zero-order valence-corrected chi connectivity index (χ0v) is 11.9. The van der Waals surface area contributed by atoms with Gasteiger partial charge in [-0.15, -0.1) is 0 Å². The van der Waals surface area contributed by atoms with Gasteiger partial charge in [0.1, 0.15) is 0 Å². The van der Waals surface area contributed by atoms with E-state index in [9.17, 15) is 14.9 Å². The number of hydrogen-bond donors (Lipinski definition) is 2. The minimum atomic E-state index is -0.538. The summed E-state index contributed by atoms with van der Waals surface area (Å²) in [6, 6.07) is 4.42. The van der Waals surface area contributed by atoms with E-state index in [0.29, 0.717) is 6.54 Å². The molecule has 0 spiro atoms. The van der Waals surface area contributed by atoms with Crippen LogP contribution in [-0.2, 0) is 0 Å². The molecule has 114 valence electrons. The maximum Gasteiger partial charge on any atom is 0.311 e. The topological polar surface area (TPSA) is 93.5 Å². The van der Waals surface area contributed by atoms with Crippen LogP contribution >= 0.6 is 0 Å². The first-order chi connectivity index (χ1) is 10.1. The summed E-state index contributed by atoms with van der Waals surface area (Å²) in [7, 11) is 0. The second-order valence-electron chi connectivity index (χ2n) is 4.86. The molecule has 21 heavy (non-hydrogen) atoms. The van der Waals surface area contributed by atoms with Crippen molar-refractivity contribution in [3.05, 3.63) is 33.9 Å². The Hall–Kier alpha value is -2.15. The SMILES string of the molecule is CCOc1c(C(=O)N[C@H]2CCCNC2)cccc1[N+](=O)[O-]. The van der Waals surface area contributed by atoms with Crippen molar-refractivity contribution < 1.29 is 14.5 Å². The van der Waals surface area contributed by atoms with Crippen LogP contribution in [0.5, 0.6) is 5.75 Å². The third-order valence-corrected chi connectivity index (χ3v) is 3.36. The highest BCUT2D eigenvalue weighted by atomic mass is 16.6. The van der Waals surface area contributed by atoms with Crippen LogP contribution < -0.4 is 15.4 Å². The molecule has 1 aromatic carbocycles. The number of amides is 1. The van der Waals surface area contributed by atoms with E-state index >= 15 is 0 Å². The van der Waals surface area contributed by atoms with Gasteiger partial charge in [-0.25, -0.2) is 0 Å². The summed E-state index contributed by atoms with van der Waals surface area (Å²) in [4.78, 5) is 22.8. The summed E-state index contributed by atoms with van der Waals surface area (Å²) in [5.41, 5.74) is 0.0166. The minimum Gasteiger partial charge on any atom is -0.487 e. The Morgan fingerprint density at radius 3 is 3.00 bits per heavy atom. The van der Waals surface area contributed by atoms with Crippen molar-refractivity contribution >= 4 is 11.6 Å². The van der Waals surface area contributed by atoms with E-state index < -0.39 is 4.92 Å². The molecule has 1 amide bonds. The number of rotatable bonds is 5. The van der Waals surface area contributed by atoms with Crippen molar-refractivity contribution in [2.24, 2.45) is 0 Å². The normalized spacial score (nSPS) is 18.0. The van der Waals surface area contributed by atoms with E-state index in [2.05, 4.69) is 10.6 Å². The molecule has 0 bridgehead atoms. The Morgan fingerprint density at radius 2 is 2.38 bits per heavy atom. The van der Waals surface area contributed by atoms with Crippen molar-refractivity contribution in [3.8, 4) is 5.75 Å². The largest absolute Gasteiger partial charge is 0.487 e. The van der Waals surface area contributed by atoms with Gasteiger partial charge in [-0.05, 0) is 32.4 Å². The molecule has 1 saturated heterocycles. The Bertz CT molecular complexity index is 527. The molecule has 7 heteroatoms. The number of ether oxygens (including phenoxy) is 1. The van der Waals surface area contributed by atoms with E-state index in [1.165, 1.54) is 12.1 Å². The van der Waals surface area contributed by atoms with Gasteiger partial charge in [0, 0.05) is 18.7 Å². The maximum atomic E-state index is 12.3. The molecule has 1 fully saturated rings. The van der Waals surface area contributed by atoms with Crippen LogP contribution in [0.3, 0.4) is 0 Å². The average molecular weight is 293 g/mol. The van der Waals surface area contributed by atoms with Crippen molar-refractivity contribution in [2.45, 2.75) is 25.8 Å². The molecule has 2 N–H and O–H groups in total. The standard InChI is InChI=1S/C14H19N3O4/c1-2-21-13-11(6-3-7-12(13)17(19)20)14(18)16-10-5-4-8-15-9-10/h3,6-7,10,15H,2,4-5,8-9H2,1H3,(H,16,18)/t10-/m0/s1. The Kier molecular flexibility index (Phi) is 5.10. The third kappa shape index (κ3) is 3.69. The summed E-state index contributed by atoms with van der Waals surface area (Å²) in [5.74, 6) is -0.304. The zero-order chi connectivity index (χ0) is 15.2. The zero-order valence-electron chi connectivity index (χ0n) is 11.9. The Labute approximate surface area is 122 Å². The predicted molar refractivity (Wildman–Crippen MR) is 77.6 cm³/mol. The molecule has 1 heterocycles. The summed E-state index contributed by atoms with van der Waals surface area (Å²) >= 11 is 0. The Morgan fingerprint density at radius 1 is 1.57 bits per heavy atom. The van der Waals surface area contributed by atoms with Crippen LogP contribution in [0.2, 0.25) is 0 Å². The minimum absolute atomic E-state index is 0.0336. The van der Waals surface area contributed by atoms with Crippen LogP contribution in [0.1, 0.15) is 30.1 Å². The summed E-state index contributed by atoms with van der Waals surface area (Å²) in [6.07, 6.45) is 1.90. The van der Waals surface area contributed by atoms with Gasteiger partial charge in [-0.1, -0.05) is 6.07 Å². The van der Waals surface area contributed by atoms with Crippen molar-refractivity contribution in [2.75, 3.05) is 19.7 Å². The van der Waals surface area contributed by atoms with Gasteiger partial charge in [0.05, 0.1) is 17.1 Å². The van der Waals surface area contributed by atoms with E-state index in [1.54, 1.807) is 13.0 Å². The quantitative estimate of drug-likeness (QED) is 0.633. The molecule has 7 nitrogen and oxygen atoms in total. The van der Waals surface area contributed by atoms with Crippen LogP contribution in [0.4, 0.5) is 5.69 Å². The lowest BCUT2D eigenvalue weighted by atomic mass is 10.1. The Balaban J connectivity index is 2.22. The number of carbonyl (C=O) groups is 1. The van der Waals surface area contributed by atoms with Crippen LogP contribution in [0, 0.1) is 10.1 Å². The number of nitro benzene ring substituents is 1. The van der Waals surface area contributed by atoms with Crippen molar-refractivity contribution in [1.82, 2.24) is 10.6 Å². The molecule has 1 aromatic rings. The monoisotopic (exact) mass is 293 g/mol. The second kappa shape index (κ2) is 7.03. The van der Waals surface area contributed by atoms with E-state index in [-0.39, 0.29) is 35.6 Å². The van der Waals surface area contributed by atoms with E-state index in [1.807, 2.05) is 0 Å². The molecule has 0 unspecified atom stereocenters. The van der Waals surface area contributed by atoms with E-state index in [0.717, 1.165) is 19.4 Å². The van der Waals surface area contributed by atoms with Gasteiger partial charge in [-0.2, -0.15) is 0 Å². The molecule has 0 aromatic heterocycles. The lowest BCUT2D eigenvalue weighted by molar-refractivity contribution is -0.385. The lowest BCUT2D eigenvalue weighted by Gasteiger charge is -2.24. The molecule has 0 saturated carbocycles. The van der Waals surface area contributed by atoms with Crippen LogP contribution in [0.15, 0.2) is 18.2 Å². The van der Waals surface area contributed by atoms with Crippen LogP contribution in [-0.4, -0.2) is 36.6 Å². The third-order valence-electron chi connectivity index (χ3n) is 3.36. The number of para-hydroxylation sites is 1. The first-order valence-electron chi connectivity index (χ1n) is 7.05. The maximum absolute atomic E-state index is 12.3. The second-order valence-corrected chi connectivity index (χ2v) is 4.86. The molecule has 1 atom stereocenters. The summed E-state index contributed by atoms with van der Waals surface area (Å²) in [5, 5.41) is 17.1.